The van der Waals surface area contributed by atoms with Gasteiger partial charge in [0.1, 0.15) is 52.6 Å². The number of ether oxygens (including phenoxy) is 1. The zero-order valence-electron chi connectivity index (χ0n) is 25.2. The average molecular weight is 685 g/mol. The lowest BCUT2D eigenvalue weighted by Gasteiger charge is -2.31. The fourth-order valence-electron chi connectivity index (χ4n) is 6.17. The van der Waals surface area contributed by atoms with Crippen molar-refractivity contribution in [3.05, 3.63) is 120 Å². The first-order chi connectivity index (χ1) is 23.4. The summed E-state index contributed by atoms with van der Waals surface area (Å²) >= 11 is 2.55. The highest BCUT2D eigenvalue weighted by molar-refractivity contribution is 7.23. The summed E-state index contributed by atoms with van der Waals surface area (Å²) in [5, 5.41) is 38.6. The van der Waals surface area contributed by atoms with Crippen LogP contribution in [0.25, 0.3) is 33.1 Å². The van der Waals surface area contributed by atoms with Crippen molar-refractivity contribution in [3.8, 4) is 39.8 Å². The summed E-state index contributed by atoms with van der Waals surface area (Å²) in [5.74, 6) is -3.83. The first kappa shape index (κ1) is 31.3. The van der Waals surface area contributed by atoms with E-state index in [1.165, 1.54) is 34.8 Å². The Balaban J connectivity index is 1.36. The van der Waals surface area contributed by atoms with Crippen LogP contribution in [0.2, 0.25) is 0 Å². The highest BCUT2D eigenvalue weighted by atomic mass is 32.1. The van der Waals surface area contributed by atoms with Crippen molar-refractivity contribution in [2.24, 2.45) is 0 Å². The molecule has 49 heavy (non-hydrogen) atoms. The molecule has 0 atom stereocenters. The number of ketones is 2. The molecular weight excluding hydrogens is 670 g/mol. The second-order valence-electron chi connectivity index (χ2n) is 11.6. The zero-order chi connectivity index (χ0) is 34.9. The molecule has 2 aromatic carbocycles. The van der Waals surface area contributed by atoms with Crippen LogP contribution in [-0.4, -0.2) is 11.6 Å². The third-order valence-electron chi connectivity index (χ3n) is 8.31. The molecule has 0 spiro atoms. The predicted octanol–water partition coefficient (Wildman–Crippen LogP) is 8.68. The summed E-state index contributed by atoms with van der Waals surface area (Å²) in [6.07, 6.45) is 3.02. The molecular formula is C37H15F3N4O3S2. The van der Waals surface area contributed by atoms with E-state index in [1.54, 1.807) is 24.3 Å². The van der Waals surface area contributed by atoms with Gasteiger partial charge in [0.25, 0.3) is 0 Å². The van der Waals surface area contributed by atoms with Crippen molar-refractivity contribution in [2.45, 2.75) is 19.4 Å². The van der Waals surface area contributed by atoms with Gasteiger partial charge in [-0.3, -0.25) is 9.59 Å². The number of rotatable bonds is 2. The molecule has 4 aromatic rings. The predicted molar refractivity (Wildman–Crippen MR) is 175 cm³/mol. The number of hydrogen-bond donors (Lipinski definition) is 0. The van der Waals surface area contributed by atoms with Gasteiger partial charge in [0.05, 0.1) is 9.75 Å². The molecule has 3 aliphatic rings. The maximum absolute atomic E-state index is 14.2. The molecule has 0 saturated heterocycles. The number of fused-ring (bicyclic) bond motifs is 5. The number of halogens is 3. The van der Waals surface area contributed by atoms with E-state index in [0.29, 0.717) is 20.4 Å². The van der Waals surface area contributed by atoms with Crippen LogP contribution < -0.4 is 4.74 Å². The van der Waals surface area contributed by atoms with Gasteiger partial charge < -0.3 is 4.74 Å². The minimum atomic E-state index is -1.24. The number of hydrogen-bond acceptors (Lipinski definition) is 9. The van der Waals surface area contributed by atoms with Crippen LogP contribution in [0.1, 0.15) is 61.0 Å². The Kier molecular flexibility index (Phi) is 7.12. The lowest BCUT2D eigenvalue weighted by Crippen LogP contribution is -2.27. The van der Waals surface area contributed by atoms with Crippen molar-refractivity contribution >= 4 is 57.5 Å². The number of Topliss-reactive ketones (excluding diaryl/α,β-unsaturated/α-hetero) is 2. The van der Waals surface area contributed by atoms with Crippen molar-refractivity contribution in [1.82, 2.24) is 0 Å². The van der Waals surface area contributed by atoms with Crippen LogP contribution in [0, 0.1) is 62.8 Å². The number of nitriles is 4. The largest absolute Gasteiger partial charge is 0.482 e. The Morgan fingerprint density at radius 2 is 1.20 bits per heavy atom. The normalized spacial score (nSPS) is 16.6. The molecule has 0 bridgehead atoms. The monoisotopic (exact) mass is 684 g/mol. The fraction of sp³-hybridized carbons (Fsp3) is 0.0811. The molecule has 0 N–H and O–H groups in total. The molecule has 7 rings (SSSR count). The van der Waals surface area contributed by atoms with Crippen LogP contribution >= 0.6 is 22.7 Å². The van der Waals surface area contributed by atoms with E-state index in [0.717, 1.165) is 34.7 Å². The second kappa shape index (κ2) is 11.1. The first-order valence-electron chi connectivity index (χ1n) is 14.3. The van der Waals surface area contributed by atoms with E-state index >= 15 is 0 Å². The van der Waals surface area contributed by atoms with Crippen molar-refractivity contribution in [1.29, 1.82) is 21.0 Å². The number of thiophene rings is 2. The topological polar surface area (TPSA) is 139 Å². The molecule has 0 amide bonds. The quantitative estimate of drug-likeness (QED) is 0.152. The van der Waals surface area contributed by atoms with Crippen molar-refractivity contribution in [2.75, 3.05) is 0 Å². The summed E-state index contributed by atoms with van der Waals surface area (Å²) in [6, 6.07) is 15.8. The van der Waals surface area contributed by atoms with Crippen LogP contribution in [0.3, 0.4) is 0 Å². The van der Waals surface area contributed by atoms with E-state index in [1.807, 2.05) is 32.1 Å². The van der Waals surface area contributed by atoms with Gasteiger partial charge in [-0.15, -0.1) is 22.7 Å². The Bertz CT molecular complexity index is 2540. The molecule has 0 unspecified atom stereocenters. The fourth-order valence-corrected chi connectivity index (χ4v) is 8.60. The highest BCUT2D eigenvalue weighted by Gasteiger charge is 2.39. The van der Waals surface area contributed by atoms with Gasteiger partial charge >= 0.3 is 0 Å². The standard InChI is InChI=1S/C37H15F3N4O3S2/c1-37(2)27-8-19(6-25-31(16(12-41)13-42)21-4-3-18(38)5-23(21)33(25)45)48-35(27)36-30(47-37)9-20(49-36)7-26-32(17(14-43)15-44)22-10-28(39)29(40)11-24(22)34(26)46/h3-11H,1-2H3/b25-6-,26-7-. The van der Waals surface area contributed by atoms with Crippen molar-refractivity contribution in [3.63, 3.8) is 0 Å². The first-order valence-corrected chi connectivity index (χ1v) is 15.9. The molecule has 3 heterocycles. The van der Waals surface area contributed by atoms with Crippen LogP contribution in [0.15, 0.2) is 64.8 Å². The highest BCUT2D eigenvalue weighted by Crippen LogP contribution is 2.54. The van der Waals surface area contributed by atoms with E-state index in [-0.39, 0.29) is 50.1 Å². The van der Waals surface area contributed by atoms with E-state index in [4.69, 9.17) is 4.74 Å². The third-order valence-corrected chi connectivity index (χ3v) is 10.6. The van der Waals surface area contributed by atoms with Crippen molar-refractivity contribution < 1.29 is 27.5 Å². The lowest BCUT2D eigenvalue weighted by atomic mass is 9.94. The molecule has 2 aliphatic carbocycles. The van der Waals surface area contributed by atoms with Gasteiger partial charge in [0, 0.05) is 48.7 Å². The van der Waals surface area contributed by atoms with Gasteiger partial charge in [-0.05, 0) is 73.5 Å². The van der Waals surface area contributed by atoms with Gasteiger partial charge in [0.15, 0.2) is 23.2 Å². The van der Waals surface area contributed by atoms with Gasteiger partial charge in [-0.2, -0.15) is 21.0 Å². The summed E-state index contributed by atoms with van der Waals surface area (Å²) in [6.45, 7) is 3.69. The van der Waals surface area contributed by atoms with E-state index in [2.05, 4.69) is 0 Å². The third kappa shape index (κ3) is 4.74. The SMILES string of the molecule is CC1(C)Oc2cc(/C=C3\C(=O)c4cc(F)c(F)cc4C3=C(C#N)C#N)sc2-c2sc(/C=C3\C(=O)c4cc(F)ccc4C3=C(C#N)C#N)cc21. The van der Waals surface area contributed by atoms with Crippen LogP contribution in [-0.2, 0) is 5.60 Å². The molecule has 0 radical (unpaired) electrons. The number of benzene rings is 2. The van der Waals surface area contributed by atoms with Crippen LogP contribution in [0.4, 0.5) is 13.2 Å². The van der Waals surface area contributed by atoms with E-state index < -0.39 is 40.2 Å². The molecule has 0 fully saturated rings. The summed E-state index contributed by atoms with van der Waals surface area (Å²) in [5.41, 5.74) is -0.683. The lowest BCUT2D eigenvalue weighted by molar-refractivity contribution is 0.103. The molecule has 7 nitrogen and oxygen atoms in total. The van der Waals surface area contributed by atoms with Gasteiger partial charge in [-0.25, -0.2) is 13.2 Å². The summed E-state index contributed by atoms with van der Waals surface area (Å²) in [7, 11) is 0. The number of carbonyl (C=O) groups excluding carboxylic acids is 2. The molecule has 1 aliphatic heterocycles. The second-order valence-corrected chi connectivity index (χ2v) is 13.7. The maximum Gasteiger partial charge on any atom is 0.194 e. The minimum absolute atomic E-state index is 0.0471. The van der Waals surface area contributed by atoms with Gasteiger partial charge in [0.2, 0.25) is 0 Å². The summed E-state index contributed by atoms with van der Waals surface area (Å²) < 4.78 is 48.8. The number of allylic oxidation sites excluding steroid dienone is 6. The Labute approximate surface area is 284 Å². The Hall–Kier alpha value is -6.31. The maximum atomic E-state index is 14.2. The number of carbonyl (C=O) groups is 2. The minimum Gasteiger partial charge on any atom is -0.482 e. The van der Waals surface area contributed by atoms with E-state index in [9.17, 15) is 43.8 Å². The molecule has 2 aromatic heterocycles. The van der Waals surface area contributed by atoms with Gasteiger partial charge in [-0.1, -0.05) is 6.07 Å². The molecule has 234 valence electrons. The summed E-state index contributed by atoms with van der Waals surface area (Å²) in [4.78, 5) is 29.5. The Morgan fingerprint density at radius 3 is 1.80 bits per heavy atom. The van der Waals surface area contributed by atoms with Crippen LogP contribution in [0.5, 0.6) is 5.75 Å². The smallest absolute Gasteiger partial charge is 0.194 e. The Morgan fingerprint density at radius 1 is 0.694 bits per heavy atom. The number of nitrogens with zero attached hydrogens (tertiary/aromatic N) is 4. The molecule has 12 heteroatoms. The average Bonchev–Trinajstić information content (AvgIpc) is 3.80. The molecule has 0 saturated carbocycles. The zero-order valence-corrected chi connectivity index (χ0v) is 26.8.